The van der Waals surface area contributed by atoms with Gasteiger partial charge in [0.1, 0.15) is 12.4 Å². The second-order valence-electron chi connectivity index (χ2n) is 9.00. The standard InChI is InChI=1S/C29H27FO8S2/c1-19-16-24(21-10-13-23(14-11-21)37-39(3,31)32)28(35-2)29(38-40(4,33)34)27(19)22-12-15-26(25(30)17-22)36-18-20-8-6-5-7-9-20/h5-17H,18H2,1-4H3. The van der Waals surface area contributed by atoms with E-state index in [1.165, 1.54) is 31.4 Å². The van der Waals surface area contributed by atoms with E-state index >= 15 is 4.39 Å². The summed E-state index contributed by atoms with van der Waals surface area (Å²) in [4.78, 5) is 0. The Hall–Kier alpha value is -4.09. The van der Waals surface area contributed by atoms with Crippen molar-refractivity contribution in [2.45, 2.75) is 13.5 Å². The maximum atomic E-state index is 15.2. The van der Waals surface area contributed by atoms with Gasteiger partial charge in [0.2, 0.25) is 0 Å². The predicted octanol–water partition coefficient (Wildman–Crippen LogP) is 5.73. The van der Waals surface area contributed by atoms with Gasteiger partial charge in [-0.25, -0.2) is 4.39 Å². The van der Waals surface area contributed by atoms with Crippen LogP contribution >= 0.6 is 0 Å². The molecule has 0 aromatic heterocycles. The van der Waals surface area contributed by atoms with Gasteiger partial charge in [0.25, 0.3) is 0 Å². The first-order valence-corrected chi connectivity index (χ1v) is 15.6. The second-order valence-corrected chi connectivity index (χ2v) is 12.1. The molecule has 0 radical (unpaired) electrons. The zero-order valence-corrected chi connectivity index (χ0v) is 23.8. The predicted molar refractivity (Wildman–Crippen MR) is 150 cm³/mol. The number of rotatable bonds is 10. The fraction of sp³-hybridized carbons (Fsp3) is 0.172. The van der Waals surface area contributed by atoms with Gasteiger partial charge in [-0.2, -0.15) is 16.8 Å². The van der Waals surface area contributed by atoms with Gasteiger partial charge in [-0.1, -0.05) is 48.5 Å². The summed E-state index contributed by atoms with van der Waals surface area (Å²) in [6.07, 6.45) is 1.84. The third-order valence-corrected chi connectivity index (χ3v) is 6.71. The van der Waals surface area contributed by atoms with Crippen molar-refractivity contribution in [1.29, 1.82) is 0 Å². The van der Waals surface area contributed by atoms with E-state index in [0.717, 1.165) is 18.1 Å². The van der Waals surface area contributed by atoms with Gasteiger partial charge in [-0.15, -0.1) is 0 Å². The minimum atomic E-state index is -4.03. The molecular weight excluding hydrogens is 559 g/mol. The molecule has 0 spiro atoms. The lowest BCUT2D eigenvalue weighted by atomic mass is 9.93. The molecule has 40 heavy (non-hydrogen) atoms. The first-order valence-electron chi connectivity index (χ1n) is 11.9. The van der Waals surface area contributed by atoms with Crippen LogP contribution in [0.4, 0.5) is 4.39 Å². The molecule has 0 bridgehead atoms. The molecule has 4 aromatic rings. The quantitative estimate of drug-likeness (QED) is 0.217. The van der Waals surface area contributed by atoms with E-state index in [4.69, 9.17) is 17.8 Å². The molecule has 0 saturated carbocycles. The van der Waals surface area contributed by atoms with E-state index < -0.39 is 26.1 Å². The SMILES string of the molecule is COc1c(-c2ccc(OS(C)(=O)=O)cc2)cc(C)c(-c2ccc(OCc3ccccc3)c(F)c2)c1OS(C)(=O)=O. The number of methoxy groups -OCH3 is 1. The third-order valence-electron chi connectivity index (χ3n) is 5.74. The molecule has 0 fully saturated rings. The van der Waals surface area contributed by atoms with E-state index in [9.17, 15) is 16.8 Å². The van der Waals surface area contributed by atoms with Crippen LogP contribution < -0.4 is 17.8 Å². The fourth-order valence-electron chi connectivity index (χ4n) is 4.15. The van der Waals surface area contributed by atoms with Crippen LogP contribution in [0.25, 0.3) is 22.3 Å². The van der Waals surface area contributed by atoms with Gasteiger partial charge < -0.3 is 17.8 Å². The van der Waals surface area contributed by atoms with E-state index in [1.807, 2.05) is 30.3 Å². The Balaban J connectivity index is 1.78. The highest BCUT2D eigenvalue weighted by Gasteiger charge is 2.25. The Bertz CT molecular complexity index is 1740. The maximum absolute atomic E-state index is 15.2. The van der Waals surface area contributed by atoms with Gasteiger partial charge in [-0.3, -0.25) is 0 Å². The average molecular weight is 587 g/mol. The molecule has 0 N–H and O–H groups in total. The maximum Gasteiger partial charge on any atom is 0.306 e. The average Bonchev–Trinajstić information content (AvgIpc) is 2.87. The summed E-state index contributed by atoms with van der Waals surface area (Å²) in [5, 5.41) is 0. The van der Waals surface area contributed by atoms with Crippen molar-refractivity contribution in [2.24, 2.45) is 0 Å². The van der Waals surface area contributed by atoms with Gasteiger partial charge in [0.05, 0.1) is 19.6 Å². The van der Waals surface area contributed by atoms with Crippen LogP contribution in [-0.4, -0.2) is 36.5 Å². The van der Waals surface area contributed by atoms with E-state index in [0.29, 0.717) is 27.8 Å². The summed E-state index contributed by atoms with van der Waals surface area (Å²) < 4.78 is 84.2. The second kappa shape index (κ2) is 11.6. The van der Waals surface area contributed by atoms with Crippen molar-refractivity contribution < 1.29 is 39.1 Å². The Labute approximate surface area is 233 Å². The van der Waals surface area contributed by atoms with Crippen LogP contribution in [0.15, 0.2) is 78.9 Å². The number of hydrogen-bond donors (Lipinski definition) is 0. The number of halogens is 1. The lowest BCUT2D eigenvalue weighted by Crippen LogP contribution is -2.09. The van der Waals surface area contributed by atoms with Gasteiger partial charge in [-0.05, 0) is 59.5 Å². The molecule has 0 saturated heterocycles. The number of ether oxygens (including phenoxy) is 2. The third kappa shape index (κ3) is 7.10. The first-order chi connectivity index (χ1) is 18.8. The van der Waals surface area contributed by atoms with Crippen LogP contribution in [0.1, 0.15) is 11.1 Å². The number of hydrogen-bond acceptors (Lipinski definition) is 8. The largest absolute Gasteiger partial charge is 0.492 e. The Kier molecular flexibility index (Phi) is 8.36. The van der Waals surface area contributed by atoms with Crippen molar-refractivity contribution in [3.8, 4) is 45.3 Å². The molecule has 4 aromatic carbocycles. The Morgan fingerprint density at radius 1 is 0.750 bits per heavy atom. The van der Waals surface area contributed by atoms with Crippen LogP contribution in [0.3, 0.4) is 0 Å². The Morgan fingerprint density at radius 2 is 1.38 bits per heavy atom. The zero-order chi connectivity index (χ0) is 29.1. The molecule has 0 atom stereocenters. The summed E-state index contributed by atoms with van der Waals surface area (Å²) in [6, 6.07) is 21.5. The summed E-state index contributed by atoms with van der Waals surface area (Å²) in [5.41, 5.74) is 3.15. The lowest BCUT2D eigenvalue weighted by molar-refractivity contribution is 0.290. The van der Waals surface area contributed by atoms with Gasteiger partial charge in [0.15, 0.2) is 23.1 Å². The van der Waals surface area contributed by atoms with E-state index in [2.05, 4.69) is 0 Å². The molecule has 11 heteroatoms. The summed E-state index contributed by atoms with van der Waals surface area (Å²) >= 11 is 0. The molecular formula is C29H27FO8S2. The van der Waals surface area contributed by atoms with Crippen LogP contribution in [0.5, 0.6) is 23.0 Å². The zero-order valence-electron chi connectivity index (χ0n) is 22.2. The van der Waals surface area contributed by atoms with Gasteiger partial charge in [0, 0.05) is 11.1 Å². The van der Waals surface area contributed by atoms with Crippen LogP contribution in [-0.2, 0) is 26.8 Å². The van der Waals surface area contributed by atoms with Gasteiger partial charge >= 0.3 is 20.2 Å². The molecule has 0 amide bonds. The molecule has 8 nitrogen and oxygen atoms in total. The van der Waals surface area contributed by atoms with Crippen molar-refractivity contribution >= 4 is 20.2 Å². The van der Waals surface area contributed by atoms with Crippen molar-refractivity contribution in [2.75, 3.05) is 19.6 Å². The molecule has 0 aliphatic carbocycles. The Morgan fingerprint density at radius 3 is 1.95 bits per heavy atom. The fourth-order valence-corrected chi connectivity index (χ4v) is 5.07. The number of aryl methyl sites for hydroxylation is 1. The minimum absolute atomic E-state index is 0.0378. The minimum Gasteiger partial charge on any atom is -0.492 e. The van der Waals surface area contributed by atoms with E-state index in [-0.39, 0.29) is 29.6 Å². The van der Waals surface area contributed by atoms with Crippen molar-refractivity contribution in [3.05, 3.63) is 95.8 Å². The normalized spacial score (nSPS) is 11.6. The molecule has 0 aliphatic rings. The first kappa shape index (κ1) is 28.9. The highest BCUT2D eigenvalue weighted by molar-refractivity contribution is 7.86. The lowest BCUT2D eigenvalue weighted by Gasteiger charge is -2.20. The van der Waals surface area contributed by atoms with Crippen LogP contribution in [0.2, 0.25) is 0 Å². The number of benzene rings is 4. The molecule has 0 heterocycles. The van der Waals surface area contributed by atoms with Crippen molar-refractivity contribution in [3.63, 3.8) is 0 Å². The highest BCUT2D eigenvalue weighted by atomic mass is 32.2. The topological polar surface area (TPSA) is 105 Å². The molecule has 0 unspecified atom stereocenters. The molecule has 0 aliphatic heterocycles. The van der Waals surface area contributed by atoms with Crippen LogP contribution in [0, 0.1) is 12.7 Å². The molecule has 210 valence electrons. The van der Waals surface area contributed by atoms with Crippen molar-refractivity contribution in [1.82, 2.24) is 0 Å². The van der Waals surface area contributed by atoms with E-state index in [1.54, 1.807) is 31.2 Å². The monoisotopic (exact) mass is 586 g/mol. The molecule has 4 rings (SSSR count). The summed E-state index contributed by atoms with van der Waals surface area (Å²) in [7, 11) is -6.38. The summed E-state index contributed by atoms with van der Waals surface area (Å²) in [6.45, 7) is 1.90. The summed E-state index contributed by atoms with van der Waals surface area (Å²) in [5.74, 6) is -0.517. The smallest absolute Gasteiger partial charge is 0.306 e. The highest BCUT2D eigenvalue weighted by Crippen LogP contribution is 2.48.